The second-order valence-corrected chi connectivity index (χ2v) is 6.38. The van der Waals surface area contributed by atoms with Gasteiger partial charge in [-0.1, -0.05) is 0 Å². The maximum atomic E-state index is 12.2. The average Bonchev–Trinajstić information content (AvgIpc) is 2.99. The third kappa shape index (κ3) is 2.71. The summed E-state index contributed by atoms with van der Waals surface area (Å²) < 4.78 is 0. The van der Waals surface area contributed by atoms with Crippen LogP contribution in [0.5, 0.6) is 0 Å². The first-order valence-corrected chi connectivity index (χ1v) is 8.04. The van der Waals surface area contributed by atoms with Crippen LogP contribution in [0.4, 0.5) is 0 Å². The molecule has 0 saturated carbocycles. The van der Waals surface area contributed by atoms with E-state index in [-0.39, 0.29) is 11.9 Å². The van der Waals surface area contributed by atoms with E-state index < -0.39 is 0 Å². The zero-order valence-corrected chi connectivity index (χ0v) is 12.7. The van der Waals surface area contributed by atoms with Gasteiger partial charge in [0, 0.05) is 35.9 Å². The predicted octanol–water partition coefficient (Wildman–Crippen LogP) is 2.23. The smallest absolute Gasteiger partial charge is 0.287 e. The van der Waals surface area contributed by atoms with Crippen LogP contribution in [-0.2, 0) is 0 Å². The molecule has 3 rings (SSSR count). The molecule has 3 heterocycles. The van der Waals surface area contributed by atoms with E-state index in [1.54, 1.807) is 11.3 Å². The Labute approximate surface area is 122 Å². The lowest BCUT2D eigenvalue weighted by molar-refractivity contribution is 0.0891. The van der Waals surface area contributed by atoms with Gasteiger partial charge < -0.3 is 15.2 Å². The Hall–Kier alpha value is -1.40. The number of H-pyrrole nitrogens is 1. The van der Waals surface area contributed by atoms with Crippen LogP contribution in [0.15, 0.2) is 10.8 Å². The summed E-state index contributed by atoms with van der Waals surface area (Å²) in [7, 11) is 0. The molecule has 2 N–H and O–H groups in total. The van der Waals surface area contributed by atoms with Crippen molar-refractivity contribution >= 4 is 28.3 Å². The van der Waals surface area contributed by atoms with E-state index in [0.717, 1.165) is 37.0 Å². The standard InChI is InChI=1S/C14H20N4OS/c1-9(2)18-5-3-10(4-6-18)15-14(19)13-16-11-7-20-8-12(11)17-13/h7-10H,3-6H2,1-2H3,(H,15,19)(H,16,17). The van der Waals surface area contributed by atoms with Gasteiger partial charge in [-0.25, -0.2) is 4.98 Å². The Kier molecular flexibility index (Phi) is 3.76. The number of nitrogens with one attached hydrogen (secondary N) is 2. The van der Waals surface area contributed by atoms with Gasteiger partial charge >= 0.3 is 0 Å². The lowest BCUT2D eigenvalue weighted by atomic mass is 10.0. The van der Waals surface area contributed by atoms with Crippen LogP contribution in [0.3, 0.4) is 0 Å². The van der Waals surface area contributed by atoms with Crippen molar-refractivity contribution in [2.24, 2.45) is 0 Å². The van der Waals surface area contributed by atoms with Crippen molar-refractivity contribution in [3.05, 3.63) is 16.6 Å². The molecule has 0 aromatic carbocycles. The van der Waals surface area contributed by atoms with E-state index in [9.17, 15) is 4.79 Å². The predicted molar refractivity (Wildman–Crippen MR) is 81.2 cm³/mol. The summed E-state index contributed by atoms with van der Waals surface area (Å²) >= 11 is 1.59. The van der Waals surface area contributed by atoms with Crippen molar-refractivity contribution in [3.63, 3.8) is 0 Å². The first kappa shape index (κ1) is 13.6. The quantitative estimate of drug-likeness (QED) is 0.912. The molecular weight excluding hydrogens is 272 g/mol. The SMILES string of the molecule is CC(C)N1CCC(NC(=O)c2nc3cscc3[nH]2)CC1. The molecule has 5 nitrogen and oxygen atoms in total. The summed E-state index contributed by atoms with van der Waals surface area (Å²) in [6, 6.07) is 0.850. The fraction of sp³-hybridized carbons (Fsp3) is 0.571. The van der Waals surface area contributed by atoms with Gasteiger partial charge in [0.25, 0.3) is 5.91 Å². The highest BCUT2D eigenvalue weighted by atomic mass is 32.1. The summed E-state index contributed by atoms with van der Waals surface area (Å²) in [5, 5.41) is 7.01. The molecule has 20 heavy (non-hydrogen) atoms. The van der Waals surface area contributed by atoms with E-state index in [2.05, 4.69) is 34.0 Å². The summed E-state index contributed by atoms with van der Waals surface area (Å²) in [4.78, 5) is 22.0. The lowest BCUT2D eigenvalue weighted by Crippen LogP contribution is -2.46. The van der Waals surface area contributed by atoms with Gasteiger partial charge in [0.05, 0.1) is 11.0 Å². The van der Waals surface area contributed by atoms with Gasteiger partial charge in [0.1, 0.15) is 0 Å². The number of fused-ring (bicyclic) bond motifs is 1. The molecule has 1 aliphatic heterocycles. The lowest BCUT2D eigenvalue weighted by Gasteiger charge is -2.34. The molecule has 2 aromatic rings. The number of nitrogens with zero attached hydrogens (tertiary/aromatic N) is 2. The fourth-order valence-corrected chi connectivity index (χ4v) is 3.36. The second kappa shape index (κ2) is 5.54. The van der Waals surface area contributed by atoms with E-state index in [0.29, 0.717) is 11.9 Å². The zero-order valence-electron chi connectivity index (χ0n) is 11.8. The zero-order chi connectivity index (χ0) is 14.1. The summed E-state index contributed by atoms with van der Waals surface area (Å²) in [6.45, 7) is 6.54. The molecule has 6 heteroatoms. The van der Waals surface area contributed by atoms with Crippen molar-refractivity contribution in [2.45, 2.75) is 38.8 Å². The van der Waals surface area contributed by atoms with E-state index in [4.69, 9.17) is 0 Å². The number of carbonyl (C=O) groups is 1. The molecule has 0 atom stereocenters. The minimum atomic E-state index is -0.0887. The van der Waals surface area contributed by atoms with Crippen molar-refractivity contribution in [3.8, 4) is 0 Å². The number of piperidine rings is 1. The van der Waals surface area contributed by atoms with Crippen LogP contribution < -0.4 is 5.32 Å². The molecule has 0 radical (unpaired) electrons. The molecule has 1 fully saturated rings. The minimum absolute atomic E-state index is 0.0887. The number of aromatic nitrogens is 2. The first-order valence-electron chi connectivity index (χ1n) is 7.10. The Morgan fingerprint density at radius 1 is 1.45 bits per heavy atom. The number of imidazole rings is 1. The van der Waals surface area contributed by atoms with Crippen molar-refractivity contribution in [1.29, 1.82) is 0 Å². The highest BCUT2D eigenvalue weighted by Gasteiger charge is 2.23. The van der Waals surface area contributed by atoms with Gasteiger partial charge in [-0.3, -0.25) is 4.79 Å². The van der Waals surface area contributed by atoms with Crippen LogP contribution in [0.25, 0.3) is 11.0 Å². The van der Waals surface area contributed by atoms with Crippen LogP contribution >= 0.6 is 11.3 Å². The van der Waals surface area contributed by atoms with Crippen LogP contribution in [0.2, 0.25) is 0 Å². The maximum Gasteiger partial charge on any atom is 0.287 e. The monoisotopic (exact) mass is 292 g/mol. The number of aromatic amines is 1. The highest BCUT2D eigenvalue weighted by Crippen LogP contribution is 2.17. The topological polar surface area (TPSA) is 61.0 Å². The van der Waals surface area contributed by atoms with Gasteiger partial charge in [0.15, 0.2) is 5.82 Å². The molecule has 1 saturated heterocycles. The fourth-order valence-electron chi connectivity index (χ4n) is 2.67. The van der Waals surface area contributed by atoms with E-state index in [1.165, 1.54) is 0 Å². The van der Waals surface area contributed by atoms with E-state index in [1.807, 2.05) is 10.8 Å². The molecule has 1 amide bonds. The number of amides is 1. The number of hydrogen-bond acceptors (Lipinski definition) is 4. The molecule has 0 spiro atoms. The summed E-state index contributed by atoms with van der Waals surface area (Å²) in [5.41, 5.74) is 1.81. The Morgan fingerprint density at radius 2 is 2.20 bits per heavy atom. The van der Waals surface area contributed by atoms with Gasteiger partial charge in [0.2, 0.25) is 0 Å². The molecule has 1 aliphatic rings. The Morgan fingerprint density at radius 3 is 2.85 bits per heavy atom. The summed E-state index contributed by atoms with van der Waals surface area (Å²) in [6.07, 6.45) is 2.02. The second-order valence-electron chi connectivity index (χ2n) is 5.63. The molecule has 0 aliphatic carbocycles. The number of hydrogen-bond donors (Lipinski definition) is 2. The number of likely N-dealkylation sites (tertiary alicyclic amines) is 1. The molecule has 0 bridgehead atoms. The largest absolute Gasteiger partial charge is 0.347 e. The molecule has 108 valence electrons. The van der Waals surface area contributed by atoms with Gasteiger partial charge in [-0.2, -0.15) is 0 Å². The van der Waals surface area contributed by atoms with E-state index >= 15 is 0 Å². The summed E-state index contributed by atoms with van der Waals surface area (Å²) in [5.74, 6) is 0.336. The Balaban J connectivity index is 1.58. The van der Waals surface area contributed by atoms with Crippen molar-refractivity contribution < 1.29 is 4.79 Å². The maximum absolute atomic E-state index is 12.2. The van der Waals surface area contributed by atoms with Crippen molar-refractivity contribution in [2.75, 3.05) is 13.1 Å². The van der Waals surface area contributed by atoms with Crippen LogP contribution in [0.1, 0.15) is 37.3 Å². The molecule has 0 unspecified atom stereocenters. The van der Waals surface area contributed by atoms with Gasteiger partial charge in [-0.05, 0) is 26.7 Å². The minimum Gasteiger partial charge on any atom is -0.347 e. The molecular formula is C14H20N4OS. The Bertz CT molecular complexity index is 567. The number of rotatable bonds is 3. The highest BCUT2D eigenvalue weighted by molar-refractivity contribution is 7.09. The van der Waals surface area contributed by atoms with Gasteiger partial charge in [-0.15, -0.1) is 11.3 Å². The van der Waals surface area contributed by atoms with Crippen LogP contribution in [0, 0.1) is 0 Å². The third-order valence-electron chi connectivity index (χ3n) is 3.94. The van der Waals surface area contributed by atoms with Crippen LogP contribution in [-0.4, -0.2) is 45.9 Å². The first-order chi connectivity index (χ1) is 9.63. The third-order valence-corrected chi connectivity index (χ3v) is 4.67. The average molecular weight is 292 g/mol. The van der Waals surface area contributed by atoms with Crippen molar-refractivity contribution in [1.82, 2.24) is 20.2 Å². The molecule has 2 aromatic heterocycles. The number of thiophene rings is 1. The normalized spacial score (nSPS) is 17.9. The number of carbonyl (C=O) groups excluding carboxylic acids is 1.